The summed E-state index contributed by atoms with van der Waals surface area (Å²) in [5, 5.41) is 10.7. The second-order valence-electron chi connectivity index (χ2n) is 8.71. The molecule has 0 saturated heterocycles. The van der Waals surface area contributed by atoms with Gasteiger partial charge in [0.15, 0.2) is 0 Å². The Morgan fingerprint density at radius 2 is 1.64 bits per heavy atom. The molecule has 0 saturated carbocycles. The number of esters is 1. The molecule has 1 aromatic carbocycles. The van der Waals surface area contributed by atoms with Gasteiger partial charge in [-0.2, -0.15) is 0 Å². The zero-order valence-corrected chi connectivity index (χ0v) is 17.5. The highest BCUT2D eigenvalue weighted by Gasteiger charge is 2.38. The summed E-state index contributed by atoms with van der Waals surface area (Å²) in [6, 6.07) is 3.93. The first-order valence-electron chi connectivity index (χ1n) is 9.67. The average molecular weight is 383 g/mol. The minimum absolute atomic E-state index is 0.0250. The molecule has 0 fully saturated rings. The number of nitrogens with zero attached hydrogens (tertiary/aromatic N) is 3. The monoisotopic (exact) mass is 383 g/mol. The number of hydrogen-bond donors (Lipinski definition) is 1. The van der Waals surface area contributed by atoms with Crippen LogP contribution in [0.25, 0.3) is 0 Å². The molecular formula is C22H29N3O3. The molecule has 0 atom stereocenters. The Kier molecular flexibility index (Phi) is 5.08. The molecular weight excluding hydrogens is 354 g/mol. The van der Waals surface area contributed by atoms with Crippen LogP contribution in [-0.4, -0.2) is 34.7 Å². The highest BCUT2D eigenvalue weighted by atomic mass is 16.5. The van der Waals surface area contributed by atoms with Crippen molar-refractivity contribution in [1.82, 2.24) is 9.97 Å². The Bertz CT molecular complexity index is 889. The summed E-state index contributed by atoms with van der Waals surface area (Å²) in [6.07, 6.45) is 5.06. The lowest BCUT2D eigenvalue weighted by atomic mass is 9.63. The molecule has 0 unspecified atom stereocenters. The number of phenols is 1. The lowest BCUT2D eigenvalue weighted by Gasteiger charge is -2.42. The van der Waals surface area contributed by atoms with Crippen LogP contribution >= 0.6 is 0 Å². The quantitative estimate of drug-likeness (QED) is 0.785. The SMILES string of the molecule is CCOC(=O)c1cnc(N(C)c2cc3c(cc2O)C(C)(C)CCC3(C)C)nc1. The fourth-order valence-electron chi connectivity index (χ4n) is 3.78. The van der Waals surface area contributed by atoms with Gasteiger partial charge < -0.3 is 14.7 Å². The second kappa shape index (κ2) is 7.08. The molecule has 6 nitrogen and oxygen atoms in total. The number of hydrogen-bond acceptors (Lipinski definition) is 6. The Morgan fingerprint density at radius 1 is 1.11 bits per heavy atom. The van der Waals surface area contributed by atoms with Crippen molar-refractivity contribution in [3.63, 3.8) is 0 Å². The van der Waals surface area contributed by atoms with Crippen molar-refractivity contribution in [2.45, 2.75) is 58.3 Å². The molecule has 0 spiro atoms. The van der Waals surface area contributed by atoms with Gasteiger partial charge in [-0.05, 0) is 53.9 Å². The van der Waals surface area contributed by atoms with Crippen LogP contribution in [0.3, 0.4) is 0 Å². The smallest absolute Gasteiger partial charge is 0.341 e. The van der Waals surface area contributed by atoms with E-state index in [9.17, 15) is 9.90 Å². The minimum Gasteiger partial charge on any atom is -0.506 e. The predicted molar refractivity (Wildman–Crippen MR) is 109 cm³/mol. The fourth-order valence-corrected chi connectivity index (χ4v) is 3.78. The van der Waals surface area contributed by atoms with Gasteiger partial charge in [0.25, 0.3) is 0 Å². The van der Waals surface area contributed by atoms with E-state index in [0.717, 1.165) is 12.8 Å². The van der Waals surface area contributed by atoms with Gasteiger partial charge in [0.2, 0.25) is 5.95 Å². The van der Waals surface area contributed by atoms with E-state index in [1.54, 1.807) is 11.8 Å². The summed E-state index contributed by atoms with van der Waals surface area (Å²) in [5.41, 5.74) is 3.44. The number of fused-ring (bicyclic) bond motifs is 1. The number of phenolic OH excluding ortho intramolecular Hbond substituents is 1. The van der Waals surface area contributed by atoms with Crippen LogP contribution < -0.4 is 4.90 Å². The molecule has 0 aliphatic heterocycles. The van der Waals surface area contributed by atoms with Gasteiger partial charge in [-0.1, -0.05) is 27.7 Å². The van der Waals surface area contributed by atoms with Crippen LogP contribution in [0.2, 0.25) is 0 Å². The third-order valence-electron chi connectivity index (χ3n) is 5.76. The van der Waals surface area contributed by atoms with E-state index < -0.39 is 5.97 Å². The van der Waals surface area contributed by atoms with Gasteiger partial charge in [-0.25, -0.2) is 14.8 Å². The highest BCUT2D eigenvalue weighted by molar-refractivity contribution is 5.88. The molecule has 0 bridgehead atoms. The normalized spacial score (nSPS) is 16.9. The molecule has 1 aliphatic carbocycles. The lowest BCUT2D eigenvalue weighted by molar-refractivity contribution is 0.0525. The Balaban J connectivity index is 1.99. The lowest BCUT2D eigenvalue weighted by Crippen LogP contribution is -2.34. The molecule has 1 aliphatic rings. The summed E-state index contributed by atoms with van der Waals surface area (Å²) in [4.78, 5) is 22.1. The fraction of sp³-hybridized carbons (Fsp3) is 0.500. The van der Waals surface area contributed by atoms with Crippen LogP contribution in [0, 0.1) is 0 Å². The van der Waals surface area contributed by atoms with Gasteiger partial charge in [-0.3, -0.25) is 0 Å². The van der Waals surface area contributed by atoms with Crippen molar-refractivity contribution in [3.05, 3.63) is 41.2 Å². The number of carbonyl (C=O) groups is 1. The molecule has 1 aromatic heterocycles. The molecule has 28 heavy (non-hydrogen) atoms. The third kappa shape index (κ3) is 3.55. The van der Waals surface area contributed by atoms with E-state index in [1.807, 2.05) is 19.2 Å². The largest absolute Gasteiger partial charge is 0.506 e. The van der Waals surface area contributed by atoms with Crippen LogP contribution in [0.5, 0.6) is 5.75 Å². The van der Waals surface area contributed by atoms with Gasteiger partial charge >= 0.3 is 5.97 Å². The molecule has 6 heteroatoms. The molecule has 0 radical (unpaired) electrons. The van der Waals surface area contributed by atoms with Crippen molar-refractivity contribution in [2.24, 2.45) is 0 Å². The first kappa shape index (κ1) is 20.1. The zero-order chi connectivity index (χ0) is 20.7. The van der Waals surface area contributed by atoms with Crippen molar-refractivity contribution < 1.29 is 14.6 Å². The van der Waals surface area contributed by atoms with Crippen molar-refractivity contribution in [3.8, 4) is 5.75 Å². The number of ether oxygens (including phenoxy) is 1. The highest BCUT2D eigenvalue weighted by Crippen LogP contribution is 2.49. The molecule has 1 heterocycles. The molecule has 3 rings (SSSR count). The van der Waals surface area contributed by atoms with Gasteiger partial charge in [-0.15, -0.1) is 0 Å². The maximum atomic E-state index is 11.8. The van der Waals surface area contributed by atoms with E-state index in [1.165, 1.54) is 23.5 Å². The Morgan fingerprint density at radius 3 is 2.18 bits per heavy atom. The van der Waals surface area contributed by atoms with E-state index in [-0.39, 0.29) is 16.6 Å². The molecule has 1 N–H and O–H groups in total. The summed E-state index contributed by atoms with van der Waals surface area (Å²) in [5.74, 6) is 0.151. The number of benzene rings is 1. The number of carbonyl (C=O) groups excluding carboxylic acids is 1. The van der Waals surface area contributed by atoms with Crippen molar-refractivity contribution >= 4 is 17.6 Å². The average Bonchev–Trinajstić information content (AvgIpc) is 2.65. The number of rotatable bonds is 4. The number of aromatic nitrogens is 2. The van der Waals surface area contributed by atoms with Crippen LogP contribution in [0.4, 0.5) is 11.6 Å². The molecule has 0 amide bonds. The minimum atomic E-state index is -0.447. The standard InChI is InChI=1S/C22H29N3O3/c1-7-28-19(27)14-12-23-20(24-13-14)25(6)17-10-15-16(11-18(17)26)22(4,5)9-8-21(15,2)3/h10-13,26H,7-9H2,1-6H3. The van der Waals surface area contributed by atoms with Gasteiger partial charge in [0, 0.05) is 19.4 Å². The summed E-state index contributed by atoms with van der Waals surface area (Å²) in [6.45, 7) is 11.0. The Hall–Kier alpha value is -2.63. The Labute approximate surface area is 166 Å². The first-order chi connectivity index (χ1) is 13.1. The number of anilines is 2. The van der Waals surface area contributed by atoms with E-state index in [4.69, 9.17) is 4.74 Å². The van der Waals surface area contributed by atoms with Gasteiger partial charge in [0.05, 0.1) is 17.9 Å². The zero-order valence-electron chi connectivity index (χ0n) is 17.5. The van der Waals surface area contributed by atoms with E-state index in [2.05, 4.69) is 37.7 Å². The number of aromatic hydroxyl groups is 1. The van der Waals surface area contributed by atoms with E-state index >= 15 is 0 Å². The summed E-state index contributed by atoms with van der Waals surface area (Å²) in [7, 11) is 1.81. The second-order valence-corrected chi connectivity index (χ2v) is 8.71. The topological polar surface area (TPSA) is 75.5 Å². The maximum Gasteiger partial charge on any atom is 0.341 e. The van der Waals surface area contributed by atoms with Crippen LogP contribution in [0.1, 0.15) is 68.9 Å². The molecule has 2 aromatic rings. The van der Waals surface area contributed by atoms with E-state index in [0.29, 0.717) is 23.8 Å². The third-order valence-corrected chi connectivity index (χ3v) is 5.76. The predicted octanol–water partition coefficient (Wildman–Crippen LogP) is 4.48. The van der Waals surface area contributed by atoms with Crippen molar-refractivity contribution in [2.75, 3.05) is 18.6 Å². The summed E-state index contributed by atoms with van der Waals surface area (Å²) >= 11 is 0. The van der Waals surface area contributed by atoms with Crippen molar-refractivity contribution in [1.29, 1.82) is 0 Å². The van der Waals surface area contributed by atoms with Crippen LogP contribution in [0.15, 0.2) is 24.5 Å². The van der Waals surface area contributed by atoms with Crippen LogP contribution in [-0.2, 0) is 15.6 Å². The van der Waals surface area contributed by atoms with Gasteiger partial charge in [0.1, 0.15) is 5.75 Å². The summed E-state index contributed by atoms with van der Waals surface area (Å²) < 4.78 is 4.96. The maximum absolute atomic E-state index is 11.8. The first-order valence-corrected chi connectivity index (χ1v) is 9.67. The molecule has 150 valence electrons.